The summed E-state index contributed by atoms with van der Waals surface area (Å²) >= 11 is 0. The number of rotatable bonds is 7. The van der Waals surface area contributed by atoms with Crippen molar-refractivity contribution in [2.45, 2.75) is 59.0 Å². The summed E-state index contributed by atoms with van der Waals surface area (Å²) in [6.07, 6.45) is 5.78. The summed E-state index contributed by atoms with van der Waals surface area (Å²) in [5.41, 5.74) is 4.95. The Morgan fingerprint density at radius 3 is 2.70 bits per heavy atom. The van der Waals surface area contributed by atoms with Crippen LogP contribution in [0.3, 0.4) is 0 Å². The zero-order valence-electron chi connectivity index (χ0n) is 19.0. The minimum absolute atomic E-state index is 0.195. The van der Waals surface area contributed by atoms with E-state index in [1.165, 1.54) is 35.0 Å². The van der Waals surface area contributed by atoms with Crippen molar-refractivity contribution in [2.24, 2.45) is 5.92 Å². The van der Waals surface area contributed by atoms with Gasteiger partial charge in [-0.3, -0.25) is 9.69 Å². The summed E-state index contributed by atoms with van der Waals surface area (Å²) in [7, 11) is 1.76. The van der Waals surface area contributed by atoms with Crippen LogP contribution in [0.4, 0.5) is 0 Å². The molecule has 0 spiro atoms. The van der Waals surface area contributed by atoms with Gasteiger partial charge in [-0.05, 0) is 55.5 Å². The second-order valence-electron chi connectivity index (χ2n) is 9.16. The molecule has 0 bridgehead atoms. The maximum absolute atomic E-state index is 13.2. The standard InChI is InChI=1S/C25H37N3O2/c1-4-5-11-26-12-10-24-22(18-26)21-17-20(6-7-23(21)28(24)15-16-30-3)25(29)27-13-8-19(2)9-14-27/h6-7,17,19H,4-5,8-16,18H2,1-3H3. The molecule has 0 aliphatic carbocycles. The number of carbonyl (C=O) groups excluding carboxylic acids is 1. The van der Waals surface area contributed by atoms with E-state index in [9.17, 15) is 4.79 Å². The van der Waals surface area contributed by atoms with E-state index >= 15 is 0 Å². The highest BCUT2D eigenvalue weighted by atomic mass is 16.5. The molecule has 164 valence electrons. The molecule has 2 aliphatic rings. The Hall–Kier alpha value is -1.85. The number of benzene rings is 1. The third kappa shape index (κ3) is 4.28. The van der Waals surface area contributed by atoms with Crippen molar-refractivity contribution in [3.63, 3.8) is 0 Å². The molecule has 1 amide bonds. The van der Waals surface area contributed by atoms with Crippen LogP contribution in [-0.4, -0.2) is 60.2 Å². The van der Waals surface area contributed by atoms with Gasteiger partial charge in [0, 0.05) is 68.4 Å². The molecule has 0 saturated carbocycles. The van der Waals surface area contributed by atoms with Crippen molar-refractivity contribution >= 4 is 16.8 Å². The first-order chi connectivity index (χ1) is 14.6. The van der Waals surface area contributed by atoms with Gasteiger partial charge in [-0.2, -0.15) is 0 Å². The summed E-state index contributed by atoms with van der Waals surface area (Å²) in [5, 5.41) is 1.26. The number of hydrogen-bond acceptors (Lipinski definition) is 3. The number of ether oxygens (including phenoxy) is 1. The number of methoxy groups -OCH3 is 1. The van der Waals surface area contributed by atoms with E-state index in [4.69, 9.17) is 4.74 Å². The smallest absolute Gasteiger partial charge is 0.253 e. The first-order valence-corrected chi connectivity index (χ1v) is 11.8. The SMILES string of the molecule is CCCCN1CCc2c(c3cc(C(=O)N4CCC(C)CC4)ccc3n2CCOC)C1. The maximum atomic E-state index is 13.2. The van der Waals surface area contributed by atoms with Crippen LogP contribution >= 0.6 is 0 Å². The Balaban J connectivity index is 1.67. The Labute approximate surface area is 181 Å². The van der Waals surface area contributed by atoms with Gasteiger partial charge >= 0.3 is 0 Å². The molecule has 1 aromatic carbocycles. The number of aromatic nitrogens is 1. The Kier molecular flexibility index (Phi) is 6.79. The average Bonchev–Trinajstić information content (AvgIpc) is 3.08. The van der Waals surface area contributed by atoms with E-state index < -0.39 is 0 Å². The van der Waals surface area contributed by atoms with Crippen LogP contribution in [0.5, 0.6) is 0 Å². The summed E-state index contributed by atoms with van der Waals surface area (Å²) in [6, 6.07) is 6.37. The third-order valence-electron chi connectivity index (χ3n) is 7.00. The fourth-order valence-electron chi connectivity index (χ4n) is 5.04. The lowest BCUT2D eigenvalue weighted by molar-refractivity contribution is 0.0697. The van der Waals surface area contributed by atoms with E-state index in [0.717, 1.165) is 70.0 Å². The van der Waals surface area contributed by atoms with Crippen molar-refractivity contribution in [3.8, 4) is 0 Å². The molecule has 3 heterocycles. The second-order valence-corrected chi connectivity index (χ2v) is 9.16. The fraction of sp³-hybridized carbons (Fsp3) is 0.640. The number of nitrogens with zero attached hydrogens (tertiary/aromatic N) is 3. The predicted octanol–water partition coefficient (Wildman–Crippen LogP) is 4.32. The normalized spacial score (nSPS) is 18.2. The third-order valence-corrected chi connectivity index (χ3v) is 7.00. The van der Waals surface area contributed by atoms with Crippen LogP contribution in [0.25, 0.3) is 10.9 Å². The van der Waals surface area contributed by atoms with Crippen LogP contribution in [0.2, 0.25) is 0 Å². The van der Waals surface area contributed by atoms with E-state index in [0.29, 0.717) is 6.61 Å². The molecule has 5 nitrogen and oxygen atoms in total. The lowest BCUT2D eigenvalue weighted by Gasteiger charge is -2.30. The van der Waals surface area contributed by atoms with Gasteiger partial charge in [-0.1, -0.05) is 20.3 Å². The summed E-state index contributed by atoms with van der Waals surface area (Å²) in [4.78, 5) is 17.8. The largest absolute Gasteiger partial charge is 0.383 e. The monoisotopic (exact) mass is 411 g/mol. The number of piperidine rings is 1. The van der Waals surface area contributed by atoms with Gasteiger partial charge in [0.1, 0.15) is 0 Å². The van der Waals surface area contributed by atoms with Gasteiger partial charge in [0.15, 0.2) is 0 Å². The van der Waals surface area contributed by atoms with Crippen LogP contribution < -0.4 is 0 Å². The van der Waals surface area contributed by atoms with Crippen molar-refractivity contribution in [3.05, 3.63) is 35.0 Å². The molecule has 0 N–H and O–H groups in total. The van der Waals surface area contributed by atoms with Crippen molar-refractivity contribution in [1.29, 1.82) is 0 Å². The number of carbonyl (C=O) groups is 1. The minimum atomic E-state index is 0.195. The highest BCUT2D eigenvalue weighted by Crippen LogP contribution is 2.32. The second kappa shape index (κ2) is 9.52. The number of unbranched alkanes of at least 4 members (excludes halogenated alkanes) is 1. The molecule has 1 fully saturated rings. The Morgan fingerprint density at radius 2 is 1.97 bits per heavy atom. The molecule has 1 aromatic heterocycles. The van der Waals surface area contributed by atoms with Crippen molar-refractivity contribution in [1.82, 2.24) is 14.4 Å². The van der Waals surface area contributed by atoms with Crippen molar-refractivity contribution in [2.75, 3.05) is 39.9 Å². The molecule has 0 unspecified atom stereocenters. The van der Waals surface area contributed by atoms with E-state index in [-0.39, 0.29) is 5.91 Å². The zero-order chi connectivity index (χ0) is 21.1. The summed E-state index contributed by atoms with van der Waals surface area (Å²) in [6.45, 7) is 11.2. The van der Waals surface area contributed by atoms with E-state index in [1.54, 1.807) is 7.11 Å². The Morgan fingerprint density at radius 1 is 1.17 bits per heavy atom. The Bertz CT molecular complexity index is 880. The summed E-state index contributed by atoms with van der Waals surface area (Å²) in [5.74, 6) is 0.924. The molecule has 1 saturated heterocycles. The first kappa shape index (κ1) is 21.4. The summed E-state index contributed by atoms with van der Waals surface area (Å²) < 4.78 is 7.82. The van der Waals surface area contributed by atoms with Gasteiger partial charge in [0.2, 0.25) is 0 Å². The molecule has 2 aliphatic heterocycles. The van der Waals surface area contributed by atoms with E-state index in [2.05, 4.69) is 35.4 Å². The van der Waals surface area contributed by atoms with Crippen LogP contribution in [0, 0.1) is 5.92 Å². The topological polar surface area (TPSA) is 37.7 Å². The van der Waals surface area contributed by atoms with Crippen LogP contribution in [0.1, 0.15) is 61.1 Å². The first-order valence-electron chi connectivity index (χ1n) is 11.8. The van der Waals surface area contributed by atoms with E-state index in [1.807, 2.05) is 11.0 Å². The maximum Gasteiger partial charge on any atom is 0.253 e. The molecule has 4 rings (SSSR count). The molecule has 0 atom stereocenters. The predicted molar refractivity (Wildman–Crippen MR) is 122 cm³/mol. The van der Waals surface area contributed by atoms with Gasteiger partial charge in [0.05, 0.1) is 6.61 Å². The zero-order valence-corrected chi connectivity index (χ0v) is 19.0. The minimum Gasteiger partial charge on any atom is -0.383 e. The van der Waals surface area contributed by atoms with Gasteiger partial charge in [-0.25, -0.2) is 0 Å². The lowest BCUT2D eigenvalue weighted by atomic mass is 9.98. The highest BCUT2D eigenvalue weighted by molar-refractivity contribution is 5.99. The number of hydrogen-bond donors (Lipinski definition) is 0. The quantitative estimate of drug-likeness (QED) is 0.681. The van der Waals surface area contributed by atoms with Crippen LogP contribution in [-0.2, 0) is 24.2 Å². The number of amides is 1. The molecular weight excluding hydrogens is 374 g/mol. The lowest BCUT2D eigenvalue weighted by Crippen LogP contribution is -2.37. The number of likely N-dealkylation sites (tertiary alicyclic amines) is 1. The van der Waals surface area contributed by atoms with Gasteiger partial charge in [0.25, 0.3) is 5.91 Å². The molecule has 2 aromatic rings. The molecule has 0 radical (unpaired) electrons. The molecular formula is C25H37N3O2. The molecule has 5 heteroatoms. The molecule has 30 heavy (non-hydrogen) atoms. The number of fused-ring (bicyclic) bond motifs is 3. The van der Waals surface area contributed by atoms with Crippen LogP contribution in [0.15, 0.2) is 18.2 Å². The van der Waals surface area contributed by atoms with Gasteiger partial charge in [-0.15, -0.1) is 0 Å². The average molecular weight is 412 g/mol. The fourth-order valence-corrected chi connectivity index (χ4v) is 5.04. The highest BCUT2D eigenvalue weighted by Gasteiger charge is 2.26. The van der Waals surface area contributed by atoms with Gasteiger partial charge < -0.3 is 14.2 Å². The van der Waals surface area contributed by atoms with Crippen molar-refractivity contribution < 1.29 is 9.53 Å².